The summed E-state index contributed by atoms with van der Waals surface area (Å²) in [5, 5.41) is 7.21. The van der Waals surface area contributed by atoms with Crippen molar-refractivity contribution in [1.29, 1.82) is 0 Å². The second kappa shape index (κ2) is 5.54. The van der Waals surface area contributed by atoms with Gasteiger partial charge in [0.2, 0.25) is 0 Å². The first-order chi connectivity index (χ1) is 8.74. The Morgan fingerprint density at radius 3 is 2.72 bits per heavy atom. The lowest BCUT2D eigenvalue weighted by Crippen LogP contribution is -2.22. The molecule has 2 aromatic rings. The van der Waals surface area contributed by atoms with Crippen molar-refractivity contribution in [3.63, 3.8) is 0 Å². The van der Waals surface area contributed by atoms with E-state index in [0.29, 0.717) is 11.3 Å². The normalized spacial score (nSPS) is 10.1. The van der Waals surface area contributed by atoms with Crippen molar-refractivity contribution in [2.24, 2.45) is 0 Å². The molecule has 6 nitrogen and oxygen atoms in total. The SMILES string of the molecule is COc1cc(SC)ccc1C(=O)Nn1cnnc1. The predicted octanol–water partition coefficient (Wildman–Crippen LogP) is 1.39. The highest BCUT2D eigenvalue weighted by Crippen LogP contribution is 2.25. The number of thioether (sulfide) groups is 1. The van der Waals surface area contributed by atoms with Crippen LogP contribution >= 0.6 is 11.8 Å². The minimum atomic E-state index is -0.278. The highest BCUT2D eigenvalue weighted by molar-refractivity contribution is 7.98. The quantitative estimate of drug-likeness (QED) is 0.845. The molecule has 0 unspecified atom stereocenters. The van der Waals surface area contributed by atoms with Gasteiger partial charge in [0, 0.05) is 4.90 Å². The second-order valence-corrected chi connectivity index (χ2v) is 4.26. The fraction of sp³-hybridized carbons (Fsp3) is 0.182. The zero-order valence-corrected chi connectivity index (χ0v) is 10.8. The topological polar surface area (TPSA) is 69.0 Å². The van der Waals surface area contributed by atoms with Gasteiger partial charge >= 0.3 is 0 Å². The van der Waals surface area contributed by atoms with E-state index in [1.165, 1.54) is 24.4 Å². The van der Waals surface area contributed by atoms with Gasteiger partial charge in [-0.1, -0.05) is 0 Å². The minimum Gasteiger partial charge on any atom is -0.496 e. The van der Waals surface area contributed by atoms with Gasteiger partial charge in [0.25, 0.3) is 5.91 Å². The maximum atomic E-state index is 12.0. The van der Waals surface area contributed by atoms with Crippen LogP contribution in [0.3, 0.4) is 0 Å². The zero-order valence-electron chi connectivity index (χ0n) is 9.95. The van der Waals surface area contributed by atoms with Crippen molar-refractivity contribution in [2.75, 3.05) is 18.8 Å². The lowest BCUT2D eigenvalue weighted by molar-refractivity contribution is 0.100. The van der Waals surface area contributed by atoms with Crippen molar-refractivity contribution >= 4 is 17.7 Å². The molecule has 0 radical (unpaired) electrons. The molecular weight excluding hydrogens is 252 g/mol. The molecule has 18 heavy (non-hydrogen) atoms. The van der Waals surface area contributed by atoms with Crippen LogP contribution in [0.4, 0.5) is 0 Å². The number of hydrogen-bond acceptors (Lipinski definition) is 5. The third-order valence-electron chi connectivity index (χ3n) is 2.30. The summed E-state index contributed by atoms with van der Waals surface area (Å²) in [5.74, 6) is 0.256. The lowest BCUT2D eigenvalue weighted by Gasteiger charge is -2.10. The standard InChI is InChI=1S/C11H12N4O2S/c1-17-10-5-8(18-2)3-4-9(10)11(16)14-15-6-12-13-7-15/h3-7H,1-2H3,(H,14,16). The fourth-order valence-corrected chi connectivity index (χ4v) is 1.85. The maximum absolute atomic E-state index is 12.0. The van der Waals surface area contributed by atoms with Crippen LogP contribution in [0.25, 0.3) is 0 Å². The molecule has 0 saturated heterocycles. The third-order valence-corrected chi connectivity index (χ3v) is 3.03. The van der Waals surface area contributed by atoms with E-state index in [4.69, 9.17) is 4.74 Å². The van der Waals surface area contributed by atoms with Gasteiger partial charge in [0.1, 0.15) is 18.4 Å². The Morgan fingerprint density at radius 2 is 2.11 bits per heavy atom. The molecule has 0 spiro atoms. The number of hydrogen-bond donors (Lipinski definition) is 1. The maximum Gasteiger partial charge on any atom is 0.273 e. The summed E-state index contributed by atoms with van der Waals surface area (Å²) in [5.41, 5.74) is 3.08. The van der Waals surface area contributed by atoms with Crippen LogP contribution in [0.5, 0.6) is 5.75 Å². The molecule has 2 rings (SSSR count). The van der Waals surface area contributed by atoms with Crippen LogP contribution in [0.15, 0.2) is 35.7 Å². The first-order valence-corrected chi connectivity index (χ1v) is 6.35. The number of carbonyl (C=O) groups is 1. The molecule has 1 N–H and O–H groups in total. The van der Waals surface area contributed by atoms with Crippen molar-refractivity contribution in [3.8, 4) is 5.75 Å². The largest absolute Gasteiger partial charge is 0.496 e. The molecule has 7 heteroatoms. The summed E-state index contributed by atoms with van der Waals surface area (Å²) in [6.07, 6.45) is 4.77. The molecule has 94 valence electrons. The first kappa shape index (κ1) is 12.4. The number of nitrogens with one attached hydrogen (secondary N) is 1. The molecular formula is C11H12N4O2S. The number of methoxy groups -OCH3 is 1. The van der Waals surface area contributed by atoms with E-state index in [1.807, 2.05) is 18.4 Å². The van der Waals surface area contributed by atoms with E-state index in [1.54, 1.807) is 17.8 Å². The van der Waals surface area contributed by atoms with Crippen molar-refractivity contribution in [3.05, 3.63) is 36.4 Å². The first-order valence-electron chi connectivity index (χ1n) is 5.12. The van der Waals surface area contributed by atoms with Crippen LogP contribution < -0.4 is 10.2 Å². The summed E-state index contributed by atoms with van der Waals surface area (Å²) in [6, 6.07) is 5.42. The minimum absolute atomic E-state index is 0.278. The number of carbonyl (C=O) groups excluding carboxylic acids is 1. The fourth-order valence-electron chi connectivity index (χ4n) is 1.42. The van der Waals surface area contributed by atoms with Gasteiger partial charge in [0.05, 0.1) is 12.7 Å². The van der Waals surface area contributed by atoms with Gasteiger partial charge < -0.3 is 4.74 Å². The third kappa shape index (κ3) is 2.62. The van der Waals surface area contributed by atoms with Gasteiger partial charge in [-0.3, -0.25) is 10.2 Å². The Bertz CT molecular complexity index is 542. The molecule has 0 aliphatic carbocycles. The number of ether oxygens (including phenoxy) is 1. The molecule has 0 atom stereocenters. The lowest BCUT2D eigenvalue weighted by atomic mass is 10.2. The molecule has 1 aromatic heterocycles. The van der Waals surface area contributed by atoms with E-state index in [2.05, 4.69) is 15.6 Å². The average Bonchev–Trinajstić information content (AvgIpc) is 2.90. The molecule has 1 heterocycles. The molecule has 1 amide bonds. The van der Waals surface area contributed by atoms with Crippen LogP contribution in [0.2, 0.25) is 0 Å². The molecule has 0 saturated carbocycles. The number of nitrogens with zero attached hydrogens (tertiary/aromatic N) is 3. The van der Waals surface area contributed by atoms with Gasteiger partial charge in [-0.15, -0.1) is 22.0 Å². The second-order valence-electron chi connectivity index (χ2n) is 3.38. The van der Waals surface area contributed by atoms with Crippen LogP contribution in [-0.2, 0) is 0 Å². The van der Waals surface area contributed by atoms with Gasteiger partial charge in [-0.2, -0.15) is 0 Å². The number of benzene rings is 1. The van der Waals surface area contributed by atoms with Crippen molar-refractivity contribution in [1.82, 2.24) is 14.9 Å². The van der Waals surface area contributed by atoms with Gasteiger partial charge in [0.15, 0.2) is 0 Å². The molecule has 1 aromatic carbocycles. The van der Waals surface area contributed by atoms with Crippen LogP contribution in [0, 0.1) is 0 Å². The van der Waals surface area contributed by atoms with Crippen LogP contribution in [0.1, 0.15) is 10.4 Å². The van der Waals surface area contributed by atoms with E-state index in [0.717, 1.165) is 4.90 Å². The Hall–Kier alpha value is -2.02. The summed E-state index contributed by atoms with van der Waals surface area (Å²) in [6.45, 7) is 0. The number of amides is 1. The predicted molar refractivity (Wildman–Crippen MR) is 68.5 cm³/mol. The Kier molecular flexibility index (Phi) is 3.83. The van der Waals surface area contributed by atoms with Crippen LogP contribution in [-0.4, -0.2) is 34.1 Å². The highest BCUT2D eigenvalue weighted by Gasteiger charge is 2.13. The Balaban J connectivity index is 2.24. The van der Waals surface area contributed by atoms with E-state index in [-0.39, 0.29) is 5.91 Å². The van der Waals surface area contributed by atoms with Gasteiger partial charge in [-0.05, 0) is 24.5 Å². The van der Waals surface area contributed by atoms with Gasteiger partial charge in [-0.25, -0.2) is 4.68 Å². The summed E-state index contributed by atoms with van der Waals surface area (Å²) in [4.78, 5) is 13.1. The molecule has 0 bridgehead atoms. The smallest absolute Gasteiger partial charge is 0.273 e. The molecule has 0 aliphatic heterocycles. The highest BCUT2D eigenvalue weighted by atomic mass is 32.2. The number of rotatable bonds is 4. The van der Waals surface area contributed by atoms with Crippen molar-refractivity contribution in [2.45, 2.75) is 4.90 Å². The average molecular weight is 264 g/mol. The Labute approximate surface area is 108 Å². The van der Waals surface area contributed by atoms with Crippen molar-refractivity contribution < 1.29 is 9.53 Å². The molecule has 0 aliphatic rings. The zero-order chi connectivity index (χ0) is 13.0. The molecule has 0 fully saturated rings. The monoisotopic (exact) mass is 264 g/mol. The number of aromatic nitrogens is 3. The summed E-state index contributed by atoms with van der Waals surface area (Å²) in [7, 11) is 1.54. The van der Waals surface area contributed by atoms with E-state index in [9.17, 15) is 4.79 Å². The Morgan fingerprint density at radius 1 is 1.39 bits per heavy atom. The van der Waals surface area contributed by atoms with E-state index >= 15 is 0 Å². The van der Waals surface area contributed by atoms with E-state index < -0.39 is 0 Å². The summed E-state index contributed by atoms with van der Waals surface area (Å²) < 4.78 is 6.59. The summed E-state index contributed by atoms with van der Waals surface area (Å²) >= 11 is 1.59.